The molecule has 0 bridgehead atoms. The molecule has 1 aliphatic heterocycles. The zero-order valence-electron chi connectivity index (χ0n) is 14.2. The third-order valence-electron chi connectivity index (χ3n) is 4.43. The highest BCUT2D eigenvalue weighted by Crippen LogP contribution is 2.38. The maximum atomic E-state index is 12.9. The lowest BCUT2D eigenvalue weighted by Gasteiger charge is -2.30. The van der Waals surface area contributed by atoms with Crippen LogP contribution in [0.15, 0.2) is 18.2 Å². The second-order valence-electron chi connectivity index (χ2n) is 5.93. The number of rotatable bonds is 4. The van der Waals surface area contributed by atoms with Crippen molar-refractivity contribution in [2.24, 2.45) is 5.92 Å². The minimum Gasteiger partial charge on any atom is -0.497 e. The van der Waals surface area contributed by atoms with Gasteiger partial charge in [0, 0.05) is 23.2 Å². The van der Waals surface area contributed by atoms with Gasteiger partial charge in [0.25, 0.3) is 5.91 Å². The summed E-state index contributed by atoms with van der Waals surface area (Å²) in [7, 11) is 1.61. The Hall–Kier alpha value is -1.79. The van der Waals surface area contributed by atoms with Crippen LogP contribution in [-0.4, -0.2) is 43.6 Å². The van der Waals surface area contributed by atoms with Crippen LogP contribution in [0.3, 0.4) is 0 Å². The van der Waals surface area contributed by atoms with Gasteiger partial charge in [-0.15, -0.1) is 11.3 Å². The number of esters is 1. The van der Waals surface area contributed by atoms with E-state index in [0.717, 1.165) is 15.8 Å². The van der Waals surface area contributed by atoms with Crippen LogP contribution in [0.25, 0.3) is 10.1 Å². The van der Waals surface area contributed by atoms with Crippen molar-refractivity contribution in [3.63, 3.8) is 0 Å². The number of amides is 1. The van der Waals surface area contributed by atoms with E-state index in [2.05, 4.69) is 0 Å². The Morgan fingerprint density at radius 1 is 1.32 bits per heavy atom. The molecule has 0 aliphatic carbocycles. The molecule has 2 aromatic rings. The van der Waals surface area contributed by atoms with Crippen LogP contribution >= 0.6 is 22.9 Å². The SMILES string of the molecule is CCOC(=O)C1CCN(C(=O)c2sc3cc(OC)ccc3c2Cl)CC1. The third-order valence-corrected chi connectivity index (χ3v) is 6.08. The van der Waals surface area contributed by atoms with E-state index in [9.17, 15) is 9.59 Å². The van der Waals surface area contributed by atoms with E-state index < -0.39 is 0 Å². The smallest absolute Gasteiger partial charge is 0.309 e. The Balaban J connectivity index is 1.75. The fraction of sp³-hybridized carbons (Fsp3) is 0.444. The second kappa shape index (κ2) is 7.62. The normalized spacial score (nSPS) is 15.4. The molecule has 1 amide bonds. The highest BCUT2D eigenvalue weighted by atomic mass is 35.5. The first-order chi connectivity index (χ1) is 12.0. The predicted octanol–water partition coefficient (Wildman–Crippen LogP) is 3.98. The quantitative estimate of drug-likeness (QED) is 0.752. The van der Waals surface area contributed by atoms with Crippen LogP contribution < -0.4 is 4.74 Å². The number of piperidine rings is 1. The van der Waals surface area contributed by atoms with E-state index in [-0.39, 0.29) is 17.8 Å². The molecule has 0 saturated carbocycles. The standard InChI is InChI=1S/C18H20ClNO4S/c1-3-24-18(22)11-6-8-20(9-7-11)17(21)16-15(19)13-5-4-12(23-2)10-14(13)25-16/h4-5,10-11H,3,6-9H2,1-2H3. The number of benzene rings is 1. The van der Waals surface area contributed by atoms with Crippen molar-refractivity contribution in [3.8, 4) is 5.75 Å². The summed E-state index contributed by atoms with van der Waals surface area (Å²) in [4.78, 5) is 27.0. The summed E-state index contributed by atoms with van der Waals surface area (Å²) in [5.74, 6) is 0.375. The molecular weight excluding hydrogens is 362 g/mol. The number of thiophene rings is 1. The molecule has 3 rings (SSSR count). The van der Waals surface area contributed by atoms with Crippen molar-refractivity contribution in [2.45, 2.75) is 19.8 Å². The van der Waals surface area contributed by atoms with Gasteiger partial charge in [-0.1, -0.05) is 11.6 Å². The number of carbonyl (C=O) groups is 2. The number of likely N-dealkylation sites (tertiary alicyclic amines) is 1. The molecule has 0 radical (unpaired) electrons. The fourth-order valence-electron chi connectivity index (χ4n) is 3.03. The molecule has 0 spiro atoms. The second-order valence-corrected chi connectivity index (χ2v) is 7.36. The number of hydrogen-bond donors (Lipinski definition) is 0. The molecule has 1 fully saturated rings. The number of halogens is 1. The molecule has 0 unspecified atom stereocenters. The van der Waals surface area contributed by atoms with Gasteiger partial charge in [-0.3, -0.25) is 9.59 Å². The van der Waals surface area contributed by atoms with Crippen molar-refractivity contribution < 1.29 is 19.1 Å². The predicted molar refractivity (Wildman–Crippen MR) is 98.6 cm³/mol. The highest BCUT2D eigenvalue weighted by Gasteiger charge is 2.30. The lowest BCUT2D eigenvalue weighted by atomic mass is 9.97. The molecule has 5 nitrogen and oxygen atoms in total. The first-order valence-corrected chi connectivity index (χ1v) is 9.46. The van der Waals surface area contributed by atoms with Crippen LogP contribution in [0, 0.1) is 5.92 Å². The molecule has 0 atom stereocenters. The van der Waals surface area contributed by atoms with Crippen molar-refractivity contribution in [1.82, 2.24) is 4.90 Å². The van der Waals surface area contributed by atoms with Gasteiger partial charge in [0.15, 0.2) is 0 Å². The molecule has 2 heterocycles. The highest BCUT2D eigenvalue weighted by molar-refractivity contribution is 7.21. The molecular formula is C18H20ClNO4S. The van der Waals surface area contributed by atoms with Gasteiger partial charge in [-0.25, -0.2) is 0 Å². The Kier molecular flexibility index (Phi) is 5.49. The summed E-state index contributed by atoms with van der Waals surface area (Å²) in [6.07, 6.45) is 1.25. The van der Waals surface area contributed by atoms with Gasteiger partial charge < -0.3 is 14.4 Å². The molecule has 1 aromatic carbocycles. The van der Waals surface area contributed by atoms with Crippen LogP contribution in [0.2, 0.25) is 5.02 Å². The minimum absolute atomic E-state index is 0.0764. The summed E-state index contributed by atoms with van der Waals surface area (Å²) >= 11 is 7.81. The summed E-state index contributed by atoms with van der Waals surface area (Å²) in [5, 5.41) is 1.34. The van der Waals surface area contributed by atoms with Crippen LogP contribution in [0.5, 0.6) is 5.75 Å². The molecule has 1 aromatic heterocycles. The first kappa shape index (κ1) is 18.0. The largest absolute Gasteiger partial charge is 0.497 e. The zero-order chi connectivity index (χ0) is 18.0. The Morgan fingerprint density at radius 2 is 2.04 bits per heavy atom. The molecule has 7 heteroatoms. The maximum absolute atomic E-state index is 12.9. The van der Waals surface area contributed by atoms with Crippen LogP contribution in [0.4, 0.5) is 0 Å². The van der Waals surface area contributed by atoms with E-state index in [1.54, 1.807) is 18.9 Å². The van der Waals surface area contributed by atoms with Crippen molar-refractivity contribution >= 4 is 44.9 Å². The number of fused-ring (bicyclic) bond motifs is 1. The topological polar surface area (TPSA) is 55.8 Å². The van der Waals surface area contributed by atoms with E-state index >= 15 is 0 Å². The average molecular weight is 382 g/mol. The Bertz CT molecular complexity index is 796. The molecule has 134 valence electrons. The molecule has 1 aliphatic rings. The monoisotopic (exact) mass is 381 g/mol. The van der Waals surface area contributed by atoms with Gasteiger partial charge in [0.1, 0.15) is 10.6 Å². The first-order valence-electron chi connectivity index (χ1n) is 8.27. The van der Waals surface area contributed by atoms with Crippen LogP contribution in [0.1, 0.15) is 29.4 Å². The number of hydrogen-bond acceptors (Lipinski definition) is 5. The van der Waals surface area contributed by atoms with E-state index in [4.69, 9.17) is 21.1 Å². The van der Waals surface area contributed by atoms with E-state index in [0.29, 0.717) is 42.4 Å². The average Bonchev–Trinajstić information content (AvgIpc) is 2.97. The lowest BCUT2D eigenvalue weighted by Crippen LogP contribution is -2.40. The Labute approximate surface area is 155 Å². The summed E-state index contributed by atoms with van der Waals surface area (Å²) < 4.78 is 11.2. The van der Waals surface area contributed by atoms with Gasteiger partial charge >= 0.3 is 5.97 Å². The van der Waals surface area contributed by atoms with Crippen LogP contribution in [-0.2, 0) is 9.53 Å². The lowest BCUT2D eigenvalue weighted by molar-refractivity contribution is -0.149. The number of ether oxygens (including phenoxy) is 2. The number of carbonyl (C=O) groups excluding carboxylic acids is 2. The van der Waals surface area contributed by atoms with Gasteiger partial charge in [-0.05, 0) is 38.0 Å². The molecule has 1 saturated heterocycles. The number of methoxy groups -OCH3 is 1. The van der Waals surface area contributed by atoms with Gasteiger partial charge in [0.2, 0.25) is 0 Å². The van der Waals surface area contributed by atoms with E-state index in [1.165, 1.54) is 11.3 Å². The molecule has 25 heavy (non-hydrogen) atoms. The summed E-state index contributed by atoms with van der Waals surface area (Å²) in [5.41, 5.74) is 0. The Morgan fingerprint density at radius 3 is 2.68 bits per heavy atom. The van der Waals surface area contributed by atoms with Gasteiger partial charge in [-0.2, -0.15) is 0 Å². The number of nitrogens with zero attached hydrogens (tertiary/aromatic N) is 1. The van der Waals surface area contributed by atoms with Crippen molar-refractivity contribution in [2.75, 3.05) is 26.8 Å². The third kappa shape index (κ3) is 3.60. The summed E-state index contributed by atoms with van der Waals surface area (Å²) in [6, 6.07) is 5.59. The summed E-state index contributed by atoms with van der Waals surface area (Å²) in [6.45, 7) is 3.26. The van der Waals surface area contributed by atoms with Crippen molar-refractivity contribution in [3.05, 3.63) is 28.1 Å². The van der Waals surface area contributed by atoms with E-state index in [1.807, 2.05) is 18.2 Å². The maximum Gasteiger partial charge on any atom is 0.309 e. The fourth-order valence-corrected chi connectivity index (χ4v) is 4.54. The van der Waals surface area contributed by atoms with Gasteiger partial charge in [0.05, 0.1) is 24.7 Å². The minimum atomic E-state index is -0.165. The van der Waals surface area contributed by atoms with Crippen molar-refractivity contribution in [1.29, 1.82) is 0 Å². The molecule has 0 N–H and O–H groups in total. The zero-order valence-corrected chi connectivity index (χ0v) is 15.8.